The predicted molar refractivity (Wildman–Crippen MR) is 145 cm³/mol. The molecule has 0 saturated carbocycles. The number of nitrogens with zero attached hydrogens (tertiary/aromatic N) is 1. The Labute approximate surface area is 225 Å². The molecule has 1 aromatic heterocycles. The van der Waals surface area contributed by atoms with Gasteiger partial charge in [0.2, 0.25) is 0 Å². The SMILES string of the molecule is CCCc1nc(/C=C(\C)[C@@H]2C[C@@H]3O[C@]3(C)CCC[C@H](C)[C@H](O)[C@@H](C)C(=O)C(C)(C)[C@@H](O)CC(=O)O2)cs1. The summed E-state index contributed by atoms with van der Waals surface area (Å²) in [7, 11) is 0. The van der Waals surface area contributed by atoms with Crippen molar-refractivity contribution in [3.63, 3.8) is 0 Å². The first-order valence-corrected chi connectivity index (χ1v) is 14.6. The number of epoxide rings is 1. The molecule has 37 heavy (non-hydrogen) atoms. The molecule has 2 aliphatic rings. The number of hydrogen-bond acceptors (Lipinski definition) is 8. The van der Waals surface area contributed by atoms with Crippen LogP contribution in [0.15, 0.2) is 11.0 Å². The second-order valence-corrected chi connectivity index (χ2v) is 12.8. The number of aromatic nitrogens is 1. The number of ether oxygens (including phenoxy) is 2. The van der Waals surface area contributed by atoms with Crippen LogP contribution in [0.3, 0.4) is 0 Å². The number of Topliss-reactive ketones (excluding diaryl/α,β-unsaturated/α-hetero) is 1. The van der Waals surface area contributed by atoms with Gasteiger partial charge in [0, 0.05) is 17.7 Å². The molecule has 208 valence electrons. The highest BCUT2D eigenvalue weighted by Crippen LogP contribution is 2.45. The zero-order valence-corrected chi connectivity index (χ0v) is 24.3. The van der Waals surface area contributed by atoms with Crippen molar-refractivity contribution in [3.05, 3.63) is 21.7 Å². The van der Waals surface area contributed by atoms with E-state index in [0.29, 0.717) is 6.42 Å². The van der Waals surface area contributed by atoms with Crippen LogP contribution in [0, 0.1) is 17.3 Å². The van der Waals surface area contributed by atoms with Gasteiger partial charge in [-0.05, 0) is 57.1 Å². The maximum Gasteiger partial charge on any atom is 0.309 e. The number of aliphatic hydroxyl groups is 2. The van der Waals surface area contributed by atoms with Gasteiger partial charge in [-0.2, -0.15) is 0 Å². The quantitative estimate of drug-likeness (QED) is 0.407. The van der Waals surface area contributed by atoms with Crippen molar-refractivity contribution in [2.24, 2.45) is 17.3 Å². The van der Waals surface area contributed by atoms with Crippen molar-refractivity contribution in [1.29, 1.82) is 0 Å². The largest absolute Gasteiger partial charge is 0.458 e. The maximum absolute atomic E-state index is 13.3. The van der Waals surface area contributed by atoms with Crippen molar-refractivity contribution >= 4 is 29.2 Å². The number of fused-ring (bicyclic) bond motifs is 1. The minimum atomic E-state index is -1.23. The molecule has 0 unspecified atom stereocenters. The summed E-state index contributed by atoms with van der Waals surface area (Å²) in [5, 5.41) is 24.9. The number of thiazole rings is 1. The summed E-state index contributed by atoms with van der Waals surface area (Å²) in [6.07, 6.45) is 3.99. The van der Waals surface area contributed by atoms with E-state index in [9.17, 15) is 19.8 Å². The second-order valence-electron chi connectivity index (χ2n) is 11.9. The van der Waals surface area contributed by atoms with Crippen LogP contribution in [0.4, 0.5) is 0 Å². The smallest absolute Gasteiger partial charge is 0.309 e. The van der Waals surface area contributed by atoms with Gasteiger partial charge in [-0.25, -0.2) is 4.98 Å². The van der Waals surface area contributed by atoms with E-state index in [1.807, 2.05) is 25.3 Å². The summed E-state index contributed by atoms with van der Waals surface area (Å²) in [5.74, 6) is -1.54. The Hall–Kier alpha value is -1.61. The highest BCUT2D eigenvalue weighted by atomic mass is 32.1. The molecule has 0 aromatic carbocycles. The molecule has 2 saturated heterocycles. The highest BCUT2D eigenvalue weighted by molar-refractivity contribution is 7.09. The molecule has 3 heterocycles. The van der Waals surface area contributed by atoms with Gasteiger partial charge in [0.05, 0.1) is 46.5 Å². The monoisotopic (exact) mass is 535 g/mol. The van der Waals surface area contributed by atoms with Crippen LogP contribution in [0.5, 0.6) is 0 Å². The maximum atomic E-state index is 13.3. The molecule has 1 aromatic rings. The molecule has 7 nitrogen and oxygen atoms in total. The molecule has 0 radical (unpaired) electrons. The number of carbonyl (C=O) groups is 2. The molecular formula is C29H45NO6S. The summed E-state index contributed by atoms with van der Waals surface area (Å²) in [6.45, 7) is 13.1. The lowest BCUT2D eigenvalue weighted by Crippen LogP contribution is -2.45. The van der Waals surface area contributed by atoms with E-state index in [4.69, 9.17) is 9.47 Å². The zero-order valence-electron chi connectivity index (χ0n) is 23.5. The molecule has 8 heteroatoms. The van der Waals surface area contributed by atoms with Crippen LogP contribution < -0.4 is 0 Å². The number of hydrogen-bond donors (Lipinski definition) is 2. The van der Waals surface area contributed by atoms with E-state index < -0.39 is 35.6 Å². The lowest BCUT2D eigenvalue weighted by atomic mass is 9.73. The Morgan fingerprint density at radius 1 is 1.24 bits per heavy atom. The third-order valence-electron chi connectivity index (χ3n) is 8.32. The van der Waals surface area contributed by atoms with Gasteiger partial charge in [-0.1, -0.05) is 41.0 Å². The number of rotatable bonds is 4. The Balaban J connectivity index is 1.84. The standard InChI is InChI=1S/C29H45NO6S/c1-8-10-24-30-20(16-37-24)13-18(3)21-14-23-29(7,36-23)12-9-11-17(2)26(33)19(4)27(34)28(5,6)22(31)15-25(32)35-21/h13,16-17,19,21-23,26,31,33H,8-12,14-15H2,1-7H3/b18-13+/t17-,19+,21-,22-,23-,26-,29+/m0/s1. The van der Waals surface area contributed by atoms with Gasteiger partial charge in [-0.15, -0.1) is 11.3 Å². The molecule has 0 aliphatic carbocycles. The molecule has 7 atom stereocenters. The van der Waals surface area contributed by atoms with Crippen molar-refractivity contribution in [1.82, 2.24) is 4.98 Å². The van der Waals surface area contributed by atoms with E-state index in [1.165, 1.54) is 0 Å². The summed E-state index contributed by atoms with van der Waals surface area (Å²) in [6, 6.07) is 0. The van der Waals surface area contributed by atoms with Crippen LogP contribution in [0.25, 0.3) is 6.08 Å². The zero-order chi connectivity index (χ0) is 27.5. The Morgan fingerprint density at radius 3 is 2.62 bits per heavy atom. The van der Waals surface area contributed by atoms with Gasteiger partial charge in [0.25, 0.3) is 0 Å². The third-order valence-corrected chi connectivity index (χ3v) is 9.25. The van der Waals surface area contributed by atoms with Crippen LogP contribution in [0.2, 0.25) is 0 Å². The van der Waals surface area contributed by atoms with Crippen molar-refractivity contribution in [2.45, 2.75) is 123 Å². The van der Waals surface area contributed by atoms with E-state index in [2.05, 4.69) is 18.8 Å². The second kappa shape index (κ2) is 12.1. The molecule has 0 spiro atoms. The first kappa shape index (κ1) is 29.9. The van der Waals surface area contributed by atoms with E-state index in [-0.39, 0.29) is 29.8 Å². The Bertz CT molecular complexity index is 987. The topological polar surface area (TPSA) is 109 Å². The lowest BCUT2D eigenvalue weighted by molar-refractivity contribution is -0.154. The van der Waals surface area contributed by atoms with E-state index >= 15 is 0 Å². The average Bonchev–Trinajstić information content (AvgIpc) is 3.24. The van der Waals surface area contributed by atoms with E-state index in [1.54, 1.807) is 32.1 Å². The fourth-order valence-electron chi connectivity index (χ4n) is 5.34. The minimum Gasteiger partial charge on any atom is -0.458 e. The predicted octanol–water partition coefficient (Wildman–Crippen LogP) is 5.12. The van der Waals surface area contributed by atoms with Gasteiger partial charge in [0.1, 0.15) is 11.9 Å². The minimum absolute atomic E-state index is 0.0465. The molecule has 2 N–H and O–H groups in total. The van der Waals surface area contributed by atoms with E-state index in [0.717, 1.165) is 48.4 Å². The van der Waals surface area contributed by atoms with Crippen LogP contribution in [0.1, 0.15) is 97.7 Å². The summed E-state index contributed by atoms with van der Waals surface area (Å²) in [4.78, 5) is 30.9. The fraction of sp³-hybridized carbons (Fsp3) is 0.759. The Kier molecular flexibility index (Phi) is 9.76. The number of aryl methyl sites for hydroxylation is 1. The number of cyclic esters (lactones) is 1. The van der Waals surface area contributed by atoms with Gasteiger partial charge >= 0.3 is 5.97 Å². The van der Waals surface area contributed by atoms with Crippen molar-refractivity contribution < 1.29 is 29.3 Å². The fourth-order valence-corrected chi connectivity index (χ4v) is 6.20. The molecule has 2 fully saturated rings. The normalized spacial score (nSPS) is 36.1. The summed E-state index contributed by atoms with van der Waals surface area (Å²) >= 11 is 1.63. The summed E-state index contributed by atoms with van der Waals surface area (Å²) < 4.78 is 12.0. The molecule has 0 amide bonds. The number of aliphatic hydroxyl groups excluding tert-OH is 2. The molecule has 2 aliphatic heterocycles. The third kappa shape index (κ3) is 7.28. The van der Waals surface area contributed by atoms with Crippen LogP contribution in [-0.2, 0) is 25.5 Å². The van der Waals surface area contributed by atoms with Crippen LogP contribution >= 0.6 is 11.3 Å². The highest BCUT2D eigenvalue weighted by Gasteiger charge is 2.53. The van der Waals surface area contributed by atoms with Crippen LogP contribution in [-0.4, -0.2) is 57.0 Å². The van der Waals surface area contributed by atoms with Gasteiger partial charge in [0.15, 0.2) is 0 Å². The molecule has 3 rings (SSSR count). The van der Waals surface area contributed by atoms with Crippen molar-refractivity contribution in [2.75, 3.05) is 0 Å². The molecule has 0 bridgehead atoms. The molecular weight excluding hydrogens is 490 g/mol. The lowest BCUT2D eigenvalue weighted by Gasteiger charge is -2.34. The van der Waals surface area contributed by atoms with Gasteiger partial charge < -0.3 is 19.7 Å². The first-order valence-electron chi connectivity index (χ1n) is 13.7. The number of ketones is 1. The number of esters is 1. The van der Waals surface area contributed by atoms with Crippen molar-refractivity contribution in [3.8, 4) is 0 Å². The average molecular weight is 536 g/mol. The first-order chi connectivity index (χ1) is 17.3. The number of carbonyl (C=O) groups excluding carboxylic acids is 2. The van der Waals surface area contributed by atoms with Gasteiger partial charge in [-0.3, -0.25) is 9.59 Å². The summed E-state index contributed by atoms with van der Waals surface area (Å²) in [5.41, 5.74) is 0.216. The Morgan fingerprint density at radius 2 is 1.95 bits per heavy atom.